The molecular formula is C15H13ClN2O2. The summed E-state index contributed by atoms with van der Waals surface area (Å²) >= 11 is 5.85. The van der Waals surface area contributed by atoms with Crippen molar-refractivity contribution in [3.63, 3.8) is 0 Å². The highest BCUT2D eigenvalue weighted by Gasteiger charge is 2.02. The predicted octanol–water partition coefficient (Wildman–Crippen LogP) is 3.84. The highest BCUT2D eigenvalue weighted by molar-refractivity contribution is 6.30. The Morgan fingerprint density at radius 2 is 1.95 bits per heavy atom. The van der Waals surface area contributed by atoms with Crippen molar-refractivity contribution in [3.05, 3.63) is 65.3 Å². The number of amides is 2. The number of urea groups is 1. The first-order valence-electron chi connectivity index (χ1n) is 5.93. The highest BCUT2D eigenvalue weighted by atomic mass is 35.5. The molecule has 2 amide bonds. The number of aromatic hydroxyl groups is 1. The third kappa shape index (κ3) is 4.03. The minimum atomic E-state index is -0.440. The Kier molecular flexibility index (Phi) is 4.63. The Bertz CT molecular complexity index is 641. The monoisotopic (exact) mass is 288 g/mol. The number of nitrogens with one attached hydrogen (secondary N) is 2. The summed E-state index contributed by atoms with van der Waals surface area (Å²) in [7, 11) is 0. The fourth-order valence-electron chi connectivity index (χ4n) is 1.56. The van der Waals surface area contributed by atoms with Gasteiger partial charge in [-0.3, -0.25) is 0 Å². The van der Waals surface area contributed by atoms with Crippen molar-refractivity contribution < 1.29 is 9.90 Å². The zero-order chi connectivity index (χ0) is 14.4. The van der Waals surface area contributed by atoms with Gasteiger partial charge < -0.3 is 15.7 Å². The van der Waals surface area contributed by atoms with E-state index >= 15 is 0 Å². The fourth-order valence-corrected chi connectivity index (χ4v) is 1.76. The number of phenols is 1. The van der Waals surface area contributed by atoms with E-state index < -0.39 is 6.03 Å². The number of benzene rings is 2. The number of halogens is 1. The van der Waals surface area contributed by atoms with E-state index in [9.17, 15) is 9.90 Å². The smallest absolute Gasteiger partial charge is 0.323 e. The molecule has 102 valence electrons. The summed E-state index contributed by atoms with van der Waals surface area (Å²) in [6.07, 6.45) is 3.22. The Hall–Kier alpha value is -2.46. The van der Waals surface area contributed by atoms with Gasteiger partial charge in [0.25, 0.3) is 0 Å². The summed E-state index contributed by atoms with van der Waals surface area (Å²) in [4.78, 5) is 11.6. The number of para-hydroxylation sites is 2. The first-order valence-corrected chi connectivity index (χ1v) is 6.30. The molecule has 2 aromatic rings. The second-order valence-electron chi connectivity index (χ2n) is 4.00. The van der Waals surface area contributed by atoms with Crippen molar-refractivity contribution in [3.8, 4) is 5.75 Å². The lowest BCUT2D eigenvalue weighted by atomic mass is 10.2. The van der Waals surface area contributed by atoms with E-state index in [-0.39, 0.29) is 5.75 Å². The van der Waals surface area contributed by atoms with Crippen LogP contribution in [0.3, 0.4) is 0 Å². The normalized spacial score (nSPS) is 10.4. The number of carbonyl (C=O) groups is 1. The number of hydrogen-bond acceptors (Lipinski definition) is 2. The lowest BCUT2D eigenvalue weighted by Gasteiger charge is -2.06. The zero-order valence-corrected chi connectivity index (χ0v) is 11.3. The van der Waals surface area contributed by atoms with E-state index in [1.54, 1.807) is 36.4 Å². The van der Waals surface area contributed by atoms with E-state index in [2.05, 4.69) is 10.6 Å². The average Bonchev–Trinajstić information content (AvgIpc) is 2.41. The van der Waals surface area contributed by atoms with Crippen LogP contribution in [0.15, 0.2) is 54.7 Å². The quantitative estimate of drug-likeness (QED) is 0.752. The SMILES string of the molecule is O=C(N/C=C/c1cccc(Cl)c1)Nc1ccccc1O. The number of carbonyl (C=O) groups excluding carboxylic acids is 1. The number of anilines is 1. The van der Waals surface area contributed by atoms with Crippen molar-refractivity contribution in [2.75, 3.05) is 5.32 Å². The molecule has 0 fully saturated rings. The molecule has 0 aliphatic rings. The third-order valence-corrected chi connectivity index (χ3v) is 2.73. The van der Waals surface area contributed by atoms with Gasteiger partial charge in [-0.1, -0.05) is 35.9 Å². The molecule has 2 aromatic carbocycles. The molecule has 0 aromatic heterocycles. The van der Waals surface area contributed by atoms with E-state index in [1.807, 2.05) is 12.1 Å². The summed E-state index contributed by atoms with van der Waals surface area (Å²) in [6, 6.07) is 13.3. The average molecular weight is 289 g/mol. The summed E-state index contributed by atoms with van der Waals surface area (Å²) < 4.78 is 0. The van der Waals surface area contributed by atoms with Crippen LogP contribution in [0, 0.1) is 0 Å². The molecule has 4 nitrogen and oxygen atoms in total. The number of rotatable bonds is 3. The molecule has 0 aliphatic heterocycles. The maximum atomic E-state index is 11.6. The first kappa shape index (κ1) is 14.0. The standard InChI is InChI=1S/C15H13ClN2O2/c16-12-5-3-4-11(10-12)8-9-17-15(20)18-13-6-1-2-7-14(13)19/h1-10,19H,(H2,17,18,20)/b9-8+. The van der Waals surface area contributed by atoms with Gasteiger partial charge >= 0.3 is 6.03 Å². The molecule has 0 saturated carbocycles. The Morgan fingerprint density at radius 1 is 1.15 bits per heavy atom. The predicted molar refractivity (Wildman–Crippen MR) is 80.7 cm³/mol. The van der Waals surface area contributed by atoms with Gasteiger partial charge in [0.15, 0.2) is 0 Å². The Labute approximate surface area is 121 Å². The molecule has 5 heteroatoms. The number of phenolic OH excluding ortho intramolecular Hbond substituents is 1. The largest absolute Gasteiger partial charge is 0.506 e. The van der Waals surface area contributed by atoms with Gasteiger partial charge in [0.2, 0.25) is 0 Å². The Balaban J connectivity index is 1.91. The minimum absolute atomic E-state index is 0.0153. The number of hydrogen-bond donors (Lipinski definition) is 3. The zero-order valence-electron chi connectivity index (χ0n) is 10.5. The molecule has 0 unspecified atom stereocenters. The molecule has 0 atom stereocenters. The summed E-state index contributed by atoms with van der Waals surface area (Å²) in [5.41, 5.74) is 1.22. The molecule has 3 N–H and O–H groups in total. The van der Waals surface area contributed by atoms with Crippen molar-refractivity contribution in [2.24, 2.45) is 0 Å². The maximum Gasteiger partial charge on any atom is 0.323 e. The van der Waals surface area contributed by atoms with Gasteiger partial charge in [-0.2, -0.15) is 0 Å². The van der Waals surface area contributed by atoms with Crippen LogP contribution in [-0.2, 0) is 0 Å². The molecule has 0 spiro atoms. The molecule has 0 aliphatic carbocycles. The molecular weight excluding hydrogens is 276 g/mol. The van der Waals surface area contributed by atoms with Gasteiger partial charge in [0.05, 0.1) is 5.69 Å². The van der Waals surface area contributed by atoms with Crippen LogP contribution in [0.2, 0.25) is 5.02 Å². The van der Waals surface area contributed by atoms with Crippen LogP contribution in [0.4, 0.5) is 10.5 Å². The molecule has 0 bridgehead atoms. The lowest BCUT2D eigenvalue weighted by Crippen LogP contribution is -2.23. The van der Waals surface area contributed by atoms with Crippen LogP contribution in [0.25, 0.3) is 6.08 Å². The first-order chi connectivity index (χ1) is 9.65. The molecule has 2 rings (SSSR count). The van der Waals surface area contributed by atoms with Crippen LogP contribution in [0.1, 0.15) is 5.56 Å². The van der Waals surface area contributed by atoms with Gasteiger partial charge in [0, 0.05) is 11.2 Å². The molecule has 0 heterocycles. The van der Waals surface area contributed by atoms with Gasteiger partial charge in [-0.25, -0.2) is 4.79 Å². The molecule has 20 heavy (non-hydrogen) atoms. The molecule has 0 radical (unpaired) electrons. The van der Waals surface area contributed by atoms with E-state index in [0.717, 1.165) is 5.56 Å². The van der Waals surface area contributed by atoms with Crippen molar-refractivity contribution >= 4 is 29.4 Å². The third-order valence-electron chi connectivity index (χ3n) is 2.49. The second kappa shape index (κ2) is 6.63. The minimum Gasteiger partial charge on any atom is -0.506 e. The van der Waals surface area contributed by atoms with Crippen LogP contribution in [0.5, 0.6) is 5.75 Å². The van der Waals surface area contributed by atoms with Crippen LogP contribution in [-0.4, -0.2) is 11.1 Å². The van der Waals surface area contributed by atoms with Crippen molar-refractivity contribution in [1.82, 2.24) is 5.32 Å². The van der Waals surface area contributed by atoms with Crippen molar-refractivity contribution in [1.29, 1.82) is 0 Å². The van der Waals surface area contributed by atoms with E-state index in [0.29, 0.717) is 10.7 Å². The maximum absolute atomic E-state index is 11.6. The summed E-state index contributed by atoms with van der Waals surface area (Å²) in [6.45, 7) is 0. The summed E-state index contributed by atoms with van der Waals surface area (Å²) in [5.74, 6) is 0.0153. The van der Waals surface area contributed by atoms with Crippen molar-refractivity contribution in [2.45, 2.75) is 0 Å². The topological polar surface area (TPSA) is 61.4 Å². The Morgan fingerprint density at radius 3 is 2.70 bits per heavy atom. The summed E-state index contributed by atoms with van der Waals surface area (Å²) in [5, 5.41) is 15.2. The van der Waals surface area contributed by atoms with E-state index in [1.165, 1.54) is 12.3 Å². The van der Waals surface area contributed by atoms with Crippen LogP contribution >= 0.6 is 11.6 Å². The second-order valence-corrected chi connectivity index (χ2v) is 4.44. The van der Waals surface area contributed by atoms with Gasteiger partial charge in [-0.05, 0) is 35.9 Å². The highest BCUT2D eigenvalue weighted by Crippen LogP contribution is 2.21. The van der Waals surface area contributed by atoms with Gasteiger partial charge in [0.1, 0.15) is 5.75 Å². The van der Waals surface area contributed by atoms with Crippen LogP contribution < -0.4 is 10.6 Å². The fraction of sp³-hybridized carbons (Fsp3) is 0. The molecule has 0 saturated heterocycles. The lowest BCUT2D eigenvalue weighted by molar-refractivity contribution is 0.255. The van der Waals surface area contributed by atoms with Gasteiger partial charge in [-0.15, -0.1) is 0 Å². The van der Waals surface area contributed by atoms with E-state index in [4.69, 9.17) is 11.6 Å².